The van der Waals surface area contributed by atoms with Crippen molar-refractivity contribution in [3.05, 3.63) is 41.9 Å². The normalized spacial score (nSPS) is 13.3. The predicted molar refractivity (Wildman–Crippen MR) is 59.9 cm³/mol. The number of hydrogen-bond donors (Lipinski definition) is 2. The molecule has 0 spiro atoms. The summed E-state index contributed by atoms with van der Waals surface area (Å²) in [5, 5.41) is 9.45. The van der Waals surface area contributed by atoms with Crippen LogP contribution >= 0.6 is 0 Å². The van der Waals surface area contributed by atoms with E-state index in [2.05, 4.69) is 20.5 Å². The van der Waals surface area contributed by atoms with Gasteiger partial charge in [0, 0.05) is 18.0 Å². The number of hydrogen-bond acceptors (Lipinski definition) is 3. The minimum atomic E-state index is -4.36. The molecule has 0 aliphatic carbocycles. The number of nitrogens with one attached hydrogen (secondary N) is 2. The maximum Gasteiger partial charge on any atom is 0.417 e. The van der Waals surface area contributed by atoms with Crippen LogP contribution in [-0.2, 0) is 6.18 Å². The average Bonchev–Trinajstić information content (AvgIpc) is 2.82. The Balaban J connectivity index is 2.07. The second kappa shape index (κ2) is 4.67. The predicted octanol–water partition coefficient (Wildman–Crippen LogP) is 3.00. The van der Waals surface area contributed by atoms with Crippen LogP contribution in [0, 0.1) is 0 Å². The van der Waals surface area contributed by atoms with E-state index in [4.69, 9.17) is 0 Å². The number of rotatable bonds is 3. The van der Waals surface area contributed by atoms with Crippen molar-refractivity contribution in [3.63, 3.8) is 0 Å². The van der Waals surface area contributed by atoms with Gasteiger partial charge in [0.2, 0.25) is 0 Å². The molecular weight excluding hydrogens is 245 g/mol. The molecule has 0 amide bonds. The number of nitrogens with zero attached hydrogens (tertiary/aromatic N) is 2. The molecule has 18 heavy (non-hydrogen) atoms. The Bertz CT molecular complexity index is 490. The fraction of sp³-hybridized carbons (Fsp3) is 0.273. The molecule has 0 fully saturated rings. The standard InChI is InChI=1S/C11H11F3N4/c1-7(8-4-16-17-5-8)18-10-3-2-9(6-15-10)11(12,13)14/h2-7H,1H3,(H,15,18)(H,16,17)/t7-/m0/s1. The van der Waals surface area contributed by atoms with E-state index in [9.17, 15) is 13.2 Å². The van der Waals surface area contributed by atoms with Crippen LogP contribution in [0.5, 0.6) is 0 Å². The molecule has 7 heteroatoms. The third-order valence-corrected chi connectivity index (χ3v) is 2.47. The molecule has 0 aromatic carbocycles. The minimum absolute atomic E-state index is 0.0898. The first-order chi connectivity index (χ1) is 8.47. The first-order valence-electron chi connectivity index (χ1n) is 5.25. The first-order valence-corrected chi connectivity index (χ1v) is 5.25. The number of anilines is 1. The molecule has 0 radical (unpaired) electrons. The zero-order valence-electron chi connectivity index (χ0n) is 9.49. The van der Waals surface area contributed by atoms with Crippen LogP contribution in [-0.4, -0.2) is 15.2 Å². The summed E-state index contributed by atoms with van der Waals surface area (Å²) in [5.74, 6) is 0.386. The number of halogens is 3. The number of H-pyrrole nitrogens is 1. The van der Waals surface area contributed by atoms with Crippen LogP contribution in [0.25, 0.3) is 0 Å². The molecule has 2 rings (SSSR count). The van der Waals surface area contributed by atoms with Gasteiger partial charge in [0.05, 0.1) is 17.8 Å². The van der Waals surface area contributed by atoms with Gasteiger partial charge < -0.3 is 5.32 Å². The van der Waals surface area contributed by atoms with Gasteiger partial charge in [-0.3, -0.25) is 5.10 Å². The SMILES string of the molecule is C[C@H](Nc1ccc(C(F)(F)F)cn1)c1cn[nH]c1. The Kier molecular flexibility index (Phi) is 3.22. The quantitative estimate of drug-likeness (QED) is 0.887. The van der Waals surface area contributed by atoms with Crippen LogP contribution in [0.1, 0.15) is 24.1 Å². The summed E-state index contributed by atoms with van der Waals surface area (Å²) in [7, 11) is 0. The van der Waals surface area contributed by atoms with Crippen molar-refractivity contribution in [2.24, 2.45) is 0 Å². The summed E-state index contributed by atoms with van der Waals surface area (Å²) in [6, 6.07) is 2.21. The lowest BCUT2D eigenvalue weighted by molar-refractivity contribution is -0.137. The van der Waals surface area contributed by atoms with E-state index in [1.54, 1.807) is 12.4 Å². The highest BCUT2D eigenvalue weighted by Crippen LogP contribution is 2.29. The lowest BCUT2D eigenvalue weighted by Gasteiger charge is -2.13. The summed E-state index contributed by atoms with van der Waals surface area (Å²) < 4.78 is 37.0. The zero-order chi connectivity index (χ0) is 13.2. The average molecular weight is 256 g/mol. The molecule has 2 heterocycles. The van der Waals surface area contributed by atoms with Crippen LogP contribution in [0.15, 0.2) is 30.7 Å². The van der Waals surface area contributed by atoms with Gasteiger partial charge in [-0.05, 0) is 19.1 Å². The Morgan fingerprint density at radius 2 is 2.06 bits per heavy atom. The number of aromatic amines is 1. The Labute approximate surface area is 101 Å². The number of pyridine rings is 1. The highest BCUT2D eigenvalue weighted by atomic mass is 19.4. The second-order valence-corrected chi connectivity index (χ2v) is 3.83. The monoisotopic (exact) mass is 256 g/mol. The van der Waals surface area contributed by atoms with E-state index in [1.165, 1.54) is 6.07 Å². The van der Waals surface area contributed by atoms with Gasteiger partial charge >= 0.3 is 6.18 Å². The van der Waals surface area contributed by atoms with Gasteiger partial charge in [0.15, 0.2) is 0 Å². The van der Waals surface area contributed by atoms with E-state index in [0.29, 0.717) is 5.82 Å². The van der Waals surface area contributed by atoms with Gasteiger partial charge in [-0.25, -0.2) is 4.98 Å². The van der Waals surface area contributed by atoms with E-state index in [1.807, 2.05) is 6.92 Å². The van der Waals surface area contributed by atoms with Crippen molar-refractivity contribution in [2.75, 3.05) is 5.32 Å². The molecule has 0 saturated carbocycles. The Morgan fingerprint density at radius 1 is 1.28 bits per heavy atom. The largest absolute Gasteiger partial charge is 0.417 e. The topological polar surface area (TPSA) is 53.6 Å². The van der Waals surface area contributed by atoms with Crippen molar-refractivity contribution in [2.45, 2.75) is 19.1 Å². The fourth-order valence-electron chi connectivity index (χ4n) is 1.45. The fourth-order valence-corrected chi connectivity index (χ4v) is 1.45. The van der Waals surface area contributed by atoms with Gasteiger partial charge in [0.1, 0.15) is 5.82 Å². The second-order valence-electron chi connectivity index (χ2n) is 3.83. The van der Waals surface area contributed by atoms with E-state index in [0.717, 1.165) is 17.8 Å². The lowest BCUT2D eigenvalue weighted by atomic mass is 10.2. The van der Waals surface area contributed by atoms with Crippen molar-refractivity contribution in [3.8, 4) is 0 Å². The molecular formula is C11H11F3N4. The summed E-state index contributed by atoms with van der Waals surface area (Å²) in [4.78, 5) is 3.73. The van der Waals surface area contributed by atoms with E-state index in [-0.39, 0.29) is 6.04 Å². The highest BCUT2D eigenvalue weighted by Gasteiger charge is 2.30. The molecule has 2 N–H and O–H groups in total. The third kappa shape index (κ3) is 2.79. The smallest absolute Gasteiger partial charge is 0.363 e. The molecule has 0 aliphatic heterocycles. The van der Waals surface area contributed by atoms with Crippen molar-refractivity contribution >= 4 is 5.82 Å². The summed E-state index contributed by atoms with van der Waals surface area (Å²) in [6.07, 6.45) is -0.199. The van der Waals surface area contributed by atoms with Gasteiger partial charge in [-0.1, -0.05) is 0 Å². The molecule has 0 aliphatic rings. The first kappa shape index (κ1) is 12.4. The zero-order valence-corrected chi connectivity index (χ0v) is 9.49. The lowest BCUT2D eigenvalue weighted by Crippen LogP contribution is -2.09. The summed E-state index contributed by atoms with van der Waals surface area (Å²) in [6.45, 7) is 1.87. The molecule has 4 nitrogen and oxygen atoms in total. The van der Waals surface area contributed by atoms with Gasteiger partial charge in [0.25, 0.3) is 0 Å². The maximum atomic E-state index is 12.3. The maximum absolute atomic E-state index is 12.3. The van der Waals surface area contributed by atoms with Crippen molar-refractivity contribution in [1.29, 1.82) is 0 Å². The minimum Gasteiger partial charge on any atom is -0.363 e. The van der Waals surface area contributed by atoms with Crippen LogP contribution in [0.4, 0.5) is 19.0 Å². The Morgan fingerprint density at radius 3 is 2.56 bits per heavy atom. The molecule has 1 atom stereocenters. The molecule has 2 aromatic rings. The summed E-state index contributed by atoms with van der Waals surface area (Å²) in [5.41, 5.74) is 0.140. The Hall–Kier alpha value is -2.05. The third-order valence-electron chi connectivity index (χ3n) is 2.47. The molecule has 96 valence electrons. The molecule has 0 bridgehead atoms. The summed E-state index contributed by atoms with van der Waals surface area (Å²) >= 11 is 0. The van der Waals surface area contributed by atoms with Crippen molar-refractivity contribution < 1.29 is 13.2 Å². The highest BCUT2D eigenvalue weighted by molar-refractivity contribution is 5.38. The van der Waals surface area contributed by atoms with Crippen LogP contribution < -0.4 is 5.32 Å². The molecule has 2 aromatic heterocycles. The van der Waals surface area contributed by atoms with Crippen LogP contribution in [0.2, 0.25) is 0 Å². The molecule has 0 unspecified atom stereocenters. The number of alkyl halides is 3. The van der Waals surface area contributed by atoms with E-state index >= 15 is 0 Å². The van der Waals surface area contributed by atoms with Crippen molar-refractivity contribution in [1.82, 2.24) is 15.2 Å². The molecule has 0 saturated heterocycles. The van der Waals surface area contributed by atoms with Gasteiger partial charge in [-0.15, -0.1) is 0 Å². The van der Waals surface area contributed by atoms with Gasteiger partial charge in [-0.2, -0.15) is 18.3 Å². The number of aromatic nitrogens is 3. The van der Waals surface area contributed by atoms with E-state index < -0.39 is 11.7 Å². The van der Waals surface area contributed by atoms with Crippen LogP contribution in [0.3, 0.4) is 0 Å².